The summed E-state index contributed by atoms with van der Waals surface area (Å²) in [5.41, 5.74) is 1.33. The van der Waals surface area contributed by atoms with Gasteiger partial charge in [-0.1, -0.05) is 31.7 Å². The van der Waals surface area contributed by atoms with E-state index in [0.717, 1.165) is 17.7 Å². The number of pyridine rings is 1. The largest absolute Gasteiger partial charge is 0.416 e. The molecular formula is C22H21ClF4N4. The topological polar surface area (TPSA) is 52.0 Å². The Bertz CT molecular complexity index is 1040. The SMILES string of the molecule is C=C(F)C(=C)N1CC(C(=N)c2c(CC)ccnc2Nc2ccc(C(F)(F)F)cc2Cl)C1. The fraction of sp³-hybridized carbons (Fsp3) is 0.273. The van der Waals surface area contributed by atoms with Crippen molar-refractivity contribution in [2.75, 3.05) is 18.4 Å². The fourth-order valence-corrected chi connectivity index (χ4v) is 3.60. The lowest BCUT2D eigenvalue weighted by Gasteiger charge is -2.42. The second kappa shape index (κ2) is 8.70. The van der Waals surface area contributed by atoms with Crippen LogP contribution < -0.4 is 5.32 Å². The smallest absolute Gasteiger partial charge is 0.368 e. The van der Waals surface area contributed by atoms with Gasteiger partial charge in [0.15, 0.2) is 0 Å². The van der Waals surface area contributed by atoms with Crippen LogP contribution in [0.5, 0.6) is 0 Å². The molecular weight excluding hydrogens is 432 g/mol. The van der Waals surface area contributed by atoms with Gasteiger partial charge in [0.2, 0.25) is 0 Å². The molecule has 1 aromatic heterocycles. The Balaban J connectivity index is 1.88. The summed E-state index contributed by atoms with van der Waals surface area (Å²) < 4.78 is 52.0. The van der Waals surface area contributed by atoms with E-state index in [4.69, 9.17) is 17.0 Å². The van der Waals surface area contributed by atoms with Gasteiger partial charge in [-0.05, 0) is 36.2 Å². The molecule has 0 aliphatic carbocycles. The maximum Gasteiger partial charge on any atom is 0.416 e. The minimum absolute atomic E-state index is 0.108. The molecule has 0 unspecified atom stereocenters. The van der Waals surface area contributed by atoms with Gasteiger partial charge in [-0.2, -0.15) is 13.2 Å². The molecule has 0 amide bonds. The molecule has 1 aromatic carbocycles. The molecule has 3 rings (SSSR count). The van der Waals surface area contributed by atoms with Gasteiger partial charge in [0.25, 0.3) is 0 Å². The van der Waals surface area contributed by atoms with Crippen molar-refractivity contribution in [2.45, 2.75) is 19.5 Å². The third-order valence-electron chi connectivity index (χ3n) is 5.22. The molecule has 2 aromatic rings. The molecule has 0 atom stereocenters. The first-order valence-corrected chi connectivity index (χ1v) is 9.89. The van der Waals surface area contributed by atoms with Crippen molar-refractivity contribution in [3.8, 4) is 0 Å². The van der Waals surface area contributed by atoms with Crippen LogP contribution in [0.1, 0.15) is 23.6 Å². The number of anilines is 2. The molecule has 9 heteroatoms. The van der Waals surface area contributed by atoms with Crippen LogP contribution in [0.2, 0.25) is 5.02 Å². The summed E-state index contributed by atoms with van der Waals surface area (Å²) in [4.78, 5) is 6.00. The number of hydrogen-bond donors (Lipinski definition) is 2. The Hall–Kier alpha value is -2.87. The first-order chi connectivity index (χ1) is 14.5. The maximum atomic E-state index is 13.3. The van der Waals surface area contributed by atoms with E-state index in [9.17, 15) is 17.6 Å². The number of aryl methyl sites for hydroxylation is 1. The zero-order valence-electron chi connectivity index (χ0n) is 16.8. The number of likely N-dealkylation sites (tertiary alicyclic amines) is 1. The highest BCUT2D eigenvalue weighted by molar-refractivity contribution is 6.33. The van der Waals surface area contributed by atoms with Crippen molar-refractivity contribution >= 4 is 28.8 Å². The van der Waals surface area contributed by atoms with E-state index in [1.165, 1.54) is 6.07 Å². The number of aromatic nitrogens is 1. The van der Waals surface area contributed by atoms with E-state index in [-0.39, 0.29) is 22.3 Å². The minimum Gasteiger partial charge on any atom is -0.368 e. The predicted octanol–water partition coefficient (Wildman–Crippen LogP) is 6.36. The van der Waals surface area contributed by atoms with Crippen molar-refractivity contribution in [1.29, 1.82) is 5.41 Å². The average Bonchev–Trinajstić information content (AvgIpc) is 2.66. The number of allylic oxidation sites excluding steroid dienone is 1. The molecule has 0 saturated carbocycles. The molecule has 31 heavy (non-hydrogen) atoms. The van der Waals surface area contributed by atoms with E-state index >= 15 is 0 Å². The summed E-state index contributed by atoms with van der Waals surface area (Å²) in [5.74, 6) is -0.452. The number of hydrogen-bond acceptors (Lipinski definition) is 4. The standard InChI is InChI=1S/C22H21ClF4N4/c1-4-14-7-8-29-21(30-18-6-5-16(9-17(18)23)22(25,26)27)19(14)20(28)15-10-31(11-15)13(3)12(2)24/h5-9,15,28H,2-4,10-11H2,1H3,(H,29,30). The molecule has 1 saturated heterocycles. The van der Waals surface area contributed by atoms with Gasteiger partial charge in [-0.15, -0.1) is 0 Å². The van der Waals surface area contributed by atoms with Crippen LogP contribution >= 0.6 is 11.6 Å². The van der Waals surface area contributed by atoms with Crippen molar-refractivity contribution in [2.24, 2.45) is 5.92 Å². The maximum absolute atomic E-state index is 13.3. The lowest BCUT2D eigenvalue weighted by molar-refractivity contribution is -0.137. The lowest BCUT2D eigenvalue weighted by atomic mass is 9.87. The number of nitrogens with zero attached hydrogens (tertiary/aromatic N) is 2. The molecule has 164 valence electrons. The normalized spacial score (nSPS) is 14.2. The highest BCUT2D eigenvalue weighted by atomic mass is 35.5. The number of rotatable bonds is 7. The molecule has 0 spiro atoms. The fourth-order valence-electron chi connectivity index (χ4n) is 3.37. The summed E-state index contributed by atoms with van der Waals surface area (Å²) in [5, 5.41) is 11.6. The number of nitrogens with one attached hydrogen (secondary N) is 2. The van der Waals surface area contributed by atoms with E-state index in [2.05, 4.69) is 23.5 Å². The molecule has 0 radical (unpaired) electrons. The zero-order chi connectivity index (χ0) is 22.9. The second-order valence-electron chi connectivity index (χ2n) is 7.23. The van der Waals surface area contributed by atoms with Crippen LogP contribution in [0.25, 0.3) is 0 Å². The van der Waals surface area contributed by atoms with Crippen molar-refractivity contribution < 1.29 is 17.6 Å². The molecule has 2 N–H and O–H groups in total. The van der Waals surface area contributed by atoms with E-state index in [1.807, 2.05) is 6.92 Å². The summed E-state index contributed by atoms with van der Waals surface area (Å²) in [6, 6.07) is 4.81. The van der Waals surface area contributed by atoms with Crippen LogP contribution in [0, 0.1) is 11.3 Å². The molecule has 4 nitrogen and oxygen atoms in total. The Kier molecular flexibility index (Phi) is 6.40. The quantitative estimate of drug-likeness (QED) is 0.292. The van der Waals surface area contributed by atoms with Gasteiger partial charge >= 0.3 is 6.18 Å². The van der Waals surface area contributed by atoms with Crippen LogP contribution in [-0.2, 0) is 12.6 Å². The van der Waals surface area contributed by atoms with E-state index in [0.29, 0.717) is 36.6 Å². The summed E-state index contributed by atoms with van der Waals surface area (Å²) in [6.07, 6.45) is -2.31. The third-order valence-corrected chi connectivity index (χ3v) is 5.53. The first kappa shape index (κ1) is 22.8. The monoisotopic (exact) mass is 452 g/mol. The van der Waals surface area contributed by atoms with Gasteiger partial charge in [0, 0.05) is 36.5 Å². The molecule has 2 heterocycles. The second-order valence-corrected chi connectivity index (χ2v) is 7.64. The van der Waals surface area contributed by atoms with Gasteiger partial charge in [0.05, 0.1) is 22.0 Å². The Morgan fingerprint density at radius 3 is 2.52 bits per heavy atom. The molecule has 1 fully saturated rings. The first-order valence-electron chi connectivity index (χ1n) is 9.52. The van der Waals surface area contributed by atoms with Crippen molar-refractivity contribution in [1.82, 2.24) is 9.88 Å². The van der Waals surface area contributed by atoms with Gasteiger partial charge < -0.3 is 15.6 Å². The predicted molar refractivity (Wildman–Crippen MR) is 115 cm³/mol. The molecule has 1 aliphatic rings. The lowest BCUT2D eigenvalue weighted by Crippen LogP contribution is -2.49. The van der Waals surface area contributed by atoms with E-state index in [1.54, 1.807) is 17.2 Å². The van der Waals surface area contributed by atoms with E-state index < -0.39 is 17.6 Å². The molecule has 1 aliphatic heterocycles. The van der Waals surface area contributed by atoms with Crippen LogP contribution in [-0.4, -0.2) is 28.7 Å². The van der Waals surface area contributed by atoms with Crippen molar-refractivity contribution in [3.05, 3.63) is 76.9 Å². The van der Waals surface area contributed by atoms with Crippen LogP contribution in [0.15, 0.2) is 55.1 Å². The van der Waals surface area contributed by atoms with Gasteiger partial charge in [-0.3, -0.25) is 0 Å². The average molecular weight is 453 g/mol. The van der Waals surface area contributed by atoms with Crippen LogP contribution in [0.4, 0.5) is 29.1 Å². The number of halogens is 5. The Labute approximate surface area is 182 Å². The Morgan fingerprint density at radius 1 is 1.29 bits per heavy atom. The molecule has 0 bridgehead atoms. The zero-order valence-corrected chi connectivity index (χ0v) is 17.5. The number of alkyl halides is 3. The number of benzene rings is 1. The van der Waals surface area contributed by atoms with Crippen LogP contribution in [0.3, 0.4) is 0 Å². The summed E-state index contributed by atoms with van der Waals surface area (Å²) in [7, 11) is 0. The highest BCUT2D eigenvalue weighted by Gasteiger charge is 2.34. The summed E-state index contributed by atoms with van der Waals surface area (Å²) in [6.45, 7) is 9.65. The Morgan fingerprint density at radius 2 is 1.97 bits per heavy atom. The van der Waals surface area contributed by atoms with Gasteiger partial charge in [0.1, 0.15) is 11.6 Å². The summed E-state index contributed by atoms with van der Waals surface area (Å²) >= 11 is 6.07. The highest BCUT2D eigenvalue weighted by Crippen LogP contribution is 2.36. The van der Waals surface area contributed by atoms with Crippen molar-refractivity contribution in [3.63, 3.8) is 0 Å². The minimum atomic E-state index is -4.50. The third kappa shape index (κ3) is 4.74. The van der Waals surface area contributed by atoms with Gasteiger partial charge in [-0.25, -0.2) is 9.37 Å².